The molecule has 6 nitrogen and oxygen atoms in total. The minimum Gasteiger partial charge on any atom is -0.354 e. The molecule has 144 valence electrons. The van der Waals surface area contributed by atoms with Crippen LogP contribution in [0.5, 0.6) is 0 Å². The van der Waals surface area contributed by atoms with Gasteiger partial charge in [0, 0.05) is 44.3 Å². The lowest BCUT2D eigenvalue weighted by atomic mass is 9.95. The molecule has 0 aromatic carbocycles. The Morgan fingerprint density at radius 2 is 2.04 bits per heavy atom. The van der Waals surface area contributed by atoms with Crippen molar-refractivity contribution in [2.24, 2.45) is 0 Å². The van der Waals surface area contributed by atoms with Gasteiger partial charge < -0.3 is 9.80 Å². The molecule has 1 fully saturated rings. The fourth-order valence-corrected chi connectivity index (χ4v) is 4.11. The number of carbonyl (C=O) groups excluding carboxylic acids is 1. The molecule has 2 aliphatic rings. The van der Waals surface area contributed by atoms with Crippen molar-refractivity contribution in [2.45, 2.75) is 38.5 Å². The van der Waals surface area contributed by atoms with Gasteiger partial charge in [-0.05, 0) is 55.4 Å². The lowest BCUT2D eigenvalue weighted by Gasteiger charge is -2.26. The number of carbonyl (C=O) groups is 1. The molecule has 1 saturated heterocycles. The SMILES string of the molecule is N#Cc1cc2c(nc1N1CCCN(C(=O)Cc3cccnc3)CC1)CCCC2. The zero-order valence-electron chi connectivity index (χ0n) is 16.1. The highest BCUT2D eigenvalue weighted by Crippen LogP contribution is 2.27. The average Bonchev–Trinajstić information content (AvgIpc) is 3.00. The predicted molar refractivity (Wildman–Crippen MR) is 107 cm³/mol. The molecule has 0 atom stereocenters. The smallest absolute Gasteiger partial charge is 0.227 e. The number of amides is 1. The standard InChI is InChI=1S/C22H25N5O/c23-15-19-14-18-6-1-2-7-20(18)25-22(19)27-10-4-9-26(11-12-27)21(28)13-17-5-3-8-24-16-17/h3,5,8,14,16H,1-2,4,6-7,9-13H2. The molecule has 1 aliphatic heterocycles. The van der Waals surface area contributed by atoms with Gasteiger partial charge in [0.05, 0.1) is 12.0 Å². The van der Waals surface area contributed by atoms with Crippen molar-refractivity contribution in [1.29, 1.82) is 5.26 Å². The van der Waals surface area contributed by atoms with Crippen molar-refractivity contribution in [3.05, 3.63) is 53.0 Å². The zero-order chi connectivity index (χ0) is 19.3. The second-order valence-electron chi connectivity index (χ2n) is 7.54. The van der Waals surface area contributed by atoms with E-state index in [4.69, 9.17) is 4.98 Å². The molecule has 4 rings (SSSR count). The number of hydrogen-bond acceptors (Lipinski definition) is 5. The number of aromatic nitrogens is 2. The Hall–Kier alpha value is -2.94. The monoisotopic (exact) mass is 375 g/mol. The normalized spacial score (nSPS) is 16.8. The molecule has 0 saturated carbocycles. The molecule has 1 aliphatic carbocycles. The number of rotatable bonds is 3. The first-order valence-corrected chi connectivity index (χ1v) is 10.1. The Balaban J connectivity index is 1.47. The molecule has 0 bridgehead atoms. The minimum absolute atomic E-state index is 0.133. The van der Waals surface area contributed by atoms with Gasteiger partial charge in [-0.25, -0.2) is 4.98 Å². The Labute approximate surface area is 165 Å². The van der Waals surface area contributed by atoms with Gasteiger partial charge in [-0.3, -0.25) is 9.78 Å². The van der Waals surface area contributed by atoms with Gasteiger partial charge in [0.15, 0.2) is 0 Å². The lowest BCUT2D eigenvalue weighted by molar-refractivity contribution is -0.130. The fourth-order valence-electron chi connectivity index (χ4n) is 4.11. The maximum atomic E-state index is 12.7. The Morgan fingerprint density at radius 1 is 1.14 bits per heavy atom. The minimum atomic E-state index is 0.133. The fraction of sp³-hybridized carbons (Fsp3) is 0.455. The van der Waals surface area contributed by atoms with Gasteiger partial charge in [0.25, 0.3) is 0 Å². The quantitative estimate of drug-likeness (QED) is 0.824. The van der Waals surface area contributed by atoms with Crippen molar-refractivity contribution in [3.8, 4) is 6.07 Å². The summed E-state index contributed by atoms with van der Waals surface area (Å²) in [7, 11) is 0. The summed E-state index contributed by atoms with van der Waals surface area (Å²) in [4.78, 5) is 25.8. The van der Waals surface area contributed by atoms with Crippen molar-refractivity contribution < 1.29 is 4.79 Å². The van der Waals surface area contributed by atoms with Crippen molar-refractivity contribution in [2.75, 3.05) is 31.1 Å². The largest absolute Gasteiger partial charge is 0.354 e. The number of pyridine rings is 2. The maximum Gasteiger partial charge on any atom is 0.227 e. The number of nitrogens with zero attached hydrogens (tertiary/aromatic N) is 5. The van der Waals surface area contributed by atoms with E-state index in [0.29, 0.717) is 25.1 Å². The van der Waals surface area contributed by atoms with Crippen LogP contribution in [-0.2, 0) is 24.1 Å². The highest BCUT2D eigenvalue weighted by Gasteiger charge is 2.23. The second-order valence-corrected chi connectivity index (χ2v) is 7.54. The molecule has 2 aromatic heterocycles. The van der Waals surface area contributed by atoms with Gasteiger partial charge in [-0.15, -0.1) is 0 Å². The molecule has 0 unspecified atom stereocenters. The number of anilines is 1. The topological polar surface area (TPSA) is 73.1 Å². The molecular formula is C22H25N5O. The Kier molecular flexibility index (Phi) is 5.52. The first kappa shape index (κ1) is 18.4. The summed E-state index contributed by atoms with van der Waals surface area (Å²) < 4.78 is 0. The van der Waals surface area contributed by atoms with E-state index in [-0.39, 0.29) is 5.91 Å². The average molecular weight is 375 g/mol. The molecule has 0 radical (unpaired) electrons. The lowest BCUT2D eigenvalue weighted by Crippen LogP contribution is -2.36. The van der Waals surface area contributed by atoms with E-state index in [0.717, 1.165) is 49.4 Å². The third kappa shape index (κ3) is 3.99. The van der Waals surface area contributed by atoms with Crippen LogP contribution in [0, 0.1) is 11.3 Å². The van der Waals surface area contributed by atoms with Crippen molar-refractivity contribution in [3.63, 3.8) is 0 Å². The van der Waals surface area contributed by atoms with Gasteiger partial charge in [-0.2, -0.15) is 5.26 Å². The summed E-state index contributed by atoms with van der Waals surface area (Å²) in [6, 6.07) is 8.17. The third-order valence-electron chi connectivity index (χ3n) is 5.63. The molecule has 1 amide bonds. The van der Waals surface area contributed by atoms with E-state index in [1.165, 1.54) is 18.4 Å². The molecule has 6 heteroatoms. The molecular weight excluding hydrogens is 350 g/mol. The summed E-state index contributed by atoms with van der Waals surface area (Å²) in [5.74, 6) is 0.929. The van der Waals surface area contributed by atoms with Gasteiger partial charge in [-0.1, -0.05) is 6.07 Å². The predicted octanol–water partition coefficient (Wildman–Crippen LogP) is 2.51. The summed E-state index contributed by atoms with van der Waals surface area (Å²) in [5, 5.41) is 9.64. The highest BCUT2D eigenvalue weighted by molar-refractivity contribution is 5.78. The van der Waals surface area contributed by atoms with Crippen LogP contribution in [0.2, 0.25) is 0 Å². The molecule has 3 heterocycles. The van der Waals surface area contributed by atoms with E-state index in [9.17, 15) is 10.1 Å². The van der Waals surface area contributed by atoms with E-state index in [2.05, 4.69) is 16.0 Å². The van der Waals surface area contributed by atoms with Gasteiger partial charge >= 0.3 is 0 Å². The summed E-state index contributed by atoms with van der Waals surface area (Å²) >= 11 is 0. The number of fused-ring (bicyclic) bond motifs is 1. The number of hydrogen-bond donors (Lipinski definition) is 0. The number of nitriles is 1. The molecule has 28 heavy (non-hydrogen) atoms. The van der Waals surface area contributed by atoms with Crippen LogP contribution in [0.15, 0.2) is 30.6 Å². The van der Waals surface area contributed by atoms with E-state index in [1.807, 2.05) is 23.1 Å². The van der Waals surface area contributed by atoms with Crippen LogP contribution in [0.25, 0.3) is 0 Å². The third-order valence-corrected chi connectivity index (χ3v) is 5.63. The maximum absolute atomic E-state index is 12.7. The van der Waals surface area contributed by atoms with Crippen LogP contribution in [0.1, 0.15) is 41.6 Å². The van der Waals surface area contributed by atoms with Crippen LogP contribution >= 0.6 is 0 Å². The molecule has 2 aromatic rings. The van der Waals surface area contributed by atoms with Crippen LogP contribution in [-0.4, -0.2) is 47.0 Å². The second kappa shape index (κ2) is 8.39. The van der Waals surface area contributed by atoms with E-state index < -0.39 is 0 Å². The Morgan fingerprint density at radius 3 is 2.86 bits per heavy atom. The summed E-state index contributed by atoms with van der Waals surface area (Å²) in [6.07, 6.45) is 9.09. The molecule has 0 spiro atoms. The van der Waals surface area contributed by atoms with Crippen LogP contribution in [0.3, 0.4) is 0 Å². The van der Waals surface area contributed by atoms with Crippen LogP contribution < -0.4 is 4.90 Å². The molecule has 0 N–H and O–H groups in total. The first-order chi connectivity index (χ1) is 13.7. The van der Waals surface area contributed by atoms with Gasteiger partial charge in [0.2, 0.25) is 5.91 Å². The highest BCUT2D eigenvalue weighted by atomic mass is 16.2. The summed E-state index contributed by atoms with van der Waals surface area (Å²) in [6.45, 7) is 2.92. The first-order valence-electron chi connectivity index (χ1n) is 10.1. The van der Waals surface area contributed by atoms with Crippen molar-refractivity contribution in [1.82, 2.24) is 14.9 Å². The van der Waals surface area contributed by atoms with E-state index >= 15 is 0 Å². The van der Waals surface area contributed by atoms with Crippen molar-refractivity contribution >= 4 is 11.7 Å². The van der Waals surface area contributed by atoms with Crippen LogP contribution in [0.4, 0.5) is 5.82 Å². The van der Waals surface area contributed by atoms with Gasteiger partial charge in [0.1, 0.15) is 11.9 Å². The van der Waals surface area contributed by atoms with E-state index in [1.54, 1.807) is 12.4 Å². The zero-order valence-corrected chi connectivity index (χ0v) is 16.1. The summed E-state index contributed by atoms with van der Waals surface area (Å²) in [5.41, 5.74) is 3.98. The number of aryl methyl sites for hydroxylation is 2. The Bertz CT molecular complexity index is 890.